The smallest absolute Gasteiger partial charge is 0.136 e. The van der Waals surface area contributed by atoms with E-state index in [-0.39, 0.29) is 0 Å². The number of hydrogen-bond donors (Lipinski definition) is 1. The fraction of sp³-hybridized carbons (Fsp3) is 0. The summed E-state index contributed by atoms with van der Waals surface area (Å²) in [7, 11) is 0. The Hall–Kier alpha value is -7.04. The largest absolute Gasteiger partial charge is 0.456 e. The van der Waals surface area contributed by atoms with Crippen LogP contribution in [0.15, 0.2) is 211 Å². The molecule has 0 spiro atoms. The van der Waals surface area contributed by atoms with Gasteiger partial charge in [-0.15, -0.1) is 0 Å². The molecule has 0 radical (unpaired) electrons. The Morgan fingerprint density at radius 1 is 0.346 bits per heavy atom. The quantitative estimate of drug-likeness (QED) is 0.166. The van der Waals surface area contributed by atoms with Gasteiger partial charge < -0.3 is 19.5 Å². The highest BCUT2D eigenvalue weighted by Crippen LogP contribution is 2.44. The first-order valence-electron chi connectivity index (χ1n) is 17.5. The van der Waals surface area contributed by atoms with Crippen LogP contribution in [0.3, 0.4) is 0 Å². The first-order chi connectivity index (χ1) is 25.8. The maximum atomic E-state index is 6.29. The molecule has 0 fully saturated rings. The Balaban J connectivity index is 1.25. The summed E-state index contributed by atoms with van der Waals surface area (Å²) in [5.41, 5.74) is 12.3. The van der Waals surface area contributed by atoms with Crippen LogP contribution in [-0.4, -0.2) is 0 Å². The Morgan fingerprint density at radius 2 is 0.788 bits per heavy atom. The minimum absolute atomic E-state index is 0.875. The van der Waals surface area contributed by atoms with E-state index in [0.717, 1.165) is 78.6 Å². The molecule has 1 N–H and O–H groups in total. The number of para-hydroxylation sites is 6. The lowest BCUT2D eigenvalue weighted by atomic mass is 9.98. The highest BCUT2D eigenvalue weighted by molar-refractivity contribution is 6.13. The standard InChI is InChI=1S/C48H35N3O/c1-5-18-36(19-6-1)50(37-20-7-2-8-21-37)40-32-35(33-41(34-40)51(38-22-9-3-10-23-38)39-24-11-4-12-25-39)49-45-29-15-13-26-42(45)43-28-17-31-47-48(43)44-27-14-16-30-46(44)52-47/h1-34,49H. The molecule has 52 heavy (non-hydrogen) atoms. The van der Waals surface area contributed by atoms with Crippen molar-refractivity contribution >= 4 is 67.4 Å². The van der Waals surface area contributed by atoms with Crippen LogP contribution in [0.1, 0.15) is 0 Å². The molecule has 0 saturated carbocycles. The van der Waals surface area contributed by atoms with E-state index >= 15 is 0 Å². The fourth-order valence-electron chi connectivity index (χ4n) is 7.11. The lowest BCUT2D eigenvalue weighted by Gasteiger charge is -2.30. The van der Waals surface area contributed by atoms with Crippen molar-refractivity contribution in [2.45, 2.75) is 0 Å². The van der Waals surface area contributed by atoms with Gasteiger partial charge in [0.05, 0.1) is 11.4 Å². The average Bonchev–Trinajstić information content (AvgIpc) is 3.59. The molecule has 1 heterocycles. The van der Waals surface area contributed by atoms with Gasteiger partial charge in [0.25, 0.3) is 0 Å². The summed E-state index contributed by atoms with van der Waals surface area (Å²) in [4.78, 5) is 4.63. The molecule has 0 aliphatic carbocycles. The third-order valence-corrected chi connectivity index (χ3v) is 9.38. The second-order valence-corrected chi connectivity index (χ2v) is 12.7. The topological polar surface area (TPSA) is 31.6 Å². The first-order valence-corrected chi connectivity index (χ1v) is 17.5. The van der Waals surface area contributed by atoms with Gasteiger partial charge in [0.15, 0.2) is 0 Å². The number of rotatable bonds is 9. The summed E-state index contributed by atoms with van der Waals surface area (Å²) in [6.45, 7) is 0. The summed E-state index contributed by atoms with van der Waals surface area (Å²) in [5, 5.41) is 6.11. The average molecular weight is 670 g/mol. The van der Waals surface area contributed by atoms with Crippen molar-refractivity contribution in [3.05, 3.63) is 206 Å². The summed E-state index contributed by atoms with van der Waals surface area (Å²) in [5.74, 6) is 0. The third kappa shape index (κ3) is 5.93. The summed E-state index contributed by atoms with van der Waals surface area (Å²) in [6, 6.07) is 72.0. The zero-order valence-corrected chi connectivity index (χ0v) is 28.4. The number of anilines is 8. The Morgan fingerprint density at radius 3 is 1.35 bits per heavy atom. The zero-order chi connectivity index (χ0) is 34.7. The minimum atomic E-state index is 0.875. The fourth-order valence-corrected chi connectivity index (χ4v) is 7.11. The van der Waals surface area contributed by atoms with E-state index in [2.05, 4.69) is 203 Å². The van der Waals surface area contributed by atoms with E-state index in [1.807, 2.05) is 18.2 Å². The second-order valence-electron chi connectivity index (χ2n) is 12.7. The van der Waals surface area contributed by atoms with Crippen LogP contribution in [0.25, 0.3) is 33.1 Å². The molecule has 0 atom stereocenters. The van der Waals surface area contributed by atoms with Crippen molar-refractivity contribution in [2.75, 3.05) is 15.1 Å². The Labute approximate surface area is 303 Å². The molecule has 0 amide bonds. The SMILES string of the molecule is c1ccc(N(c2ccccc2)c2cc(Nc3ccccc3-c3cccc4oc5ccccc5c34)cc(N(c3ccccc3)c3ccccc3)c2)cc1. The molecule has 0 aliphatic rings. The normalized spacial score (nSPS) is 11.1. The van der Waals surface area contributed by atoms with Crippen LogP contribution in [0, 0.1) is 0 Å². The van der Waals surface area contributed by atoms with Crippen molar-refractivity contribution in [1.29, 1.82) is 0 Å². The zero-order valence-electron chi connectivity index (χ0n) is 28.4. The molecule has 8 aromatic carbocycles. The number of furan rings is 1. The number of nitrogens with zero attached hydrogens (tertiary/aromatic N) is 2. The maximum Gasteiger partial charge on any atom is 0.136 e. The van der Waals surface area contributed by atoms with Crippen LogP contribution < -0.4 is 15.1 Å². The highest BCUT2D eigenvalue weighted by atomic mass is 16.3. The van der Waals surface area contributed by atoms with Crippen LogP contribution >= 0.6 is 0 Å². The lowest BCUT2D eigenvalue weighted by molar-refractivity contribution is 0.669. The van der Waals surface area contributed by atoms with E-state index in [0.29, 0.717) is 0 Å². The van der Waals surface area contributed by atoms with Crippen molar-refractivity contribution in [1.82, 2.24) is 0 Å². The van der Waals surface area contributed by atoms with Crippen molar-refractivity contribution < 1.29 is 4.42 Å². The van der Waals surface area contributed by atoms with Crippen molar-refractivity contribution in [3.8, 4) is 11.1 Å². The molecule has 4 nitrogen and oxygen atoms in total. The van der Waals surface area contributed by atoms with Gasteiger partial charge >= 0.3 is 0 Å². The van der Waals surface area contributed by atoms with E-state index in [9.17, 15) is 0 Å². The molecule has 1 aromatic heterocycles. The summed E-state index contributed by atoms with van der Waals surface area (Å²) in [6.07, 6.45) is 0. The molecular formula is C48H35N3O. The van der Waals surface area contributed by atoms with Crippen molar-refractivity contribution in [2.24, 2.45) is 0 Å². The van der Waals surface area contributed by atoms with Crippen LogP contribution in [0.4, 0.5) is 45.5 Å². The number of benzene rings is 8. The molecule has 0 aliphatic heterocycles. The molecule has 9 rings (SSSR count). The van der Waals surface area contributed by atoms with Crippen LogP contribution in [0.5, 0.6) is 0 Å². The van der Waals surface area contributed by atoms with Crippen LogP contribution in [0.2, 0.25) is 0 Å². The van der Waals surface area contributed by atoms with Gasteiger partial charge in [-0.2, -0.15) is 0 Å². The highest BCUT2D eigenvalue weighted by Gasteiger charge is 2.20. The van der Waals surface area contributed by atoms with Gasteiger partial charge in [0.2, 0.25) is 0 Å². The number of nitrogens with one attached hydrogen (secondary N) is 1. The lowest BCUT2D eigenvalue weighted by Crippen LogP contribution is -2.13. The van der Waals surface area contributed by atoms with Crippen molar-refractivity contribution in [3.63, 3.8) is 0 Å². The molecule has 9 aromatic rings. The summed E-state index contributed by atoms with van der Waals surface area (Å²) >= 11 is 0. The molecule has 4 heteroatoms. The molecule has 0 unspecified atom stereocenters. The second kappa shape index (κ2) is 13.7. The van der Waals surface area contributed by atoms with E-state index in [1.165, 1.54) is 0 Å². The van der Waals surface area contributed by atoms with Gasteiger partial charge in [-0.3, -0.25) is 0 Å². The van der Waals surface area contributed by atoms with E-state index in [4.69, 9.17) is 4.42 Å². The Kier molecular flexibility index (Phi) is 8.16. The predicted molar refractivity (Wildman–Crippen MR) is 218 cm³/mol. The molecule has 0 bridgehead atoms. The van der Waals surface area contributed by atoms with Gasteiger partial charge in [0.1, 0.15) is 11.2 Å². The number of fused-ring (bicyclic) bond motifs is 3. The molecular weight excluding hydrogens is 635 g/mol. The van der Waals surface area contributed by atoms with E-state index < -0.39 is 0 Å². The Bertz CT molecular complexity index is 2420. The van der Waals surface area contributed by atoms with Gasteiger partial charge in [-0.1, -0.05) is 121 Å². The maximum absolute atomic E-state index is 6.29. The number of hydrogen-bond acceptors (Lipinski definition) is 4. The first kappa shape index (κ1) is 31.0. The van der Waals surface area contributed by atoms with Gasteiger partial charge in [-0.05, 0) is 90.5 Å². The van der Waals surface area contributed by atoms with Gasteiger partial charge in [0, 0.05) is 50.5 Å². The van der Waals surface area contributed by atoms with Crippen LogP contribution in [-0.2, 0) is 0 Å². The van der Waals surface area contributed by atoms with E-state index in [1.54, 1.807) is 0 Å². The molecule has 248 valence electrons. The summed E-state index contributed by atoms with van der Waals surface area (Å²) < 4.78 is 6.29. The predicted octanol–water partition coefficient (Wildman–Crippen LogP) is 13.9. The monoisotopic (exact) mass is 669 g/mol. The minimum Gasteiger partial charge on any atom is -0.456 e. The molecule has 0 saturated heterocycles. The van der Waals surface area contributed by atoms with Gasteiger partial charge in [-0.25, -0.2) is 0 Å². The third-order valence-electron chi connectivity index (χ3n) is 9.38.